The second-order valence-electron chi connectivity index (χ2n) is 7.92. The number of benzene rings is 2. The van der Waals surface area contributed by atoms with Gasteiger partial charge in [-0.1, -0.05) is 30.3 Å². The number of ether oxygens (including phenoxy) is 2. The van der Waals surface area contributed by atoms with Crippen LogP contribution in [0.25, 0.3) is 21.7 Å². The van der Waals surface area contributed by atoms with Gasteiger partial charge in [0.15, 0.2) is 0 Å². The second kappa shape index (κ2) is 9.38. The van der Waals surface area contributed by atoms with Gasteiger partial charge >= 0.3 is 18.0 Å². The SMILES string of the molecule is CCOC(=O)C1=C(COC(=O)Cc2coc3ccc4ccccc4c23)NC(=O)NC1c1ccco1. The highest BCUT2D eigenvalue weighted by Crippen LogP contribution is 2.31. The average Bonchev–Trinajstić information content (AvgIpc) is 3.53. The number of hydrogen-bond acceptors (Lipinski definition) is 7. The smallest absolute Gasteiger partial charge is 0.338 e. The van der Waals surface area contributed by atoms with Crippen LogP contribution in [0.1, 0.15) is 24.3 Å². The van der Waals surface area contributed by atoms with Crippen LogP contribution in [0.15, 0.2) is 81.2 Å². The number of fused-ring (bicyclic) bond motifs is 3. The van der Waals surface area contributed by atoms with Gasteiger partial charge in [0, 0.05) is 10.9 Å². The lowest BCUT2D eigenvalue weighted by molar-refractivity contribution is -0.143. The summed E-state index contributed by atoms with van der Waals surface area (Å²) in [5.74, 6) is -0.845. The molecule has 3 heterocycles. The molecule has 1 unspecified atom stereocenters. The van der Waals surface area contributed by atoms with Gasteiger partial charge in [-0.25, -0.2) is 9.59 Å². The Morgan fingerprint density at radius 1 is 1.03 bits per heavy atom. The fraction of sp³-hybridized carbons (Fsp3) is 0.192. The van der Waals surface area contributed by atoms with Crippen molar-refractivity contribution < 1.29 is 32.7 Å². The van der Waals surface area contributed by atoms with Crippen LogP contribution < -0.4 is 10.6 Å². The summed E-state index contributed by atoms with van der Waals surface area (Å²) in [6, 6.07) is 13.5. The van der Waals surface area contributed by atoms with Crippen molar-refractivity contribution in [1.82, 2.24) is 10.6 Å². The van der Waals surface area contributed by atoms with Crippen molar-refractivity contribution in [3.63, 3.8) is 0 Å². The molecule has 35 heavy (non-hydrogen) atoms. The van der Waals surface area contributed by atoms with Crippen LogP contribution in [0.3, 0.4) is 0 Å². The molecule has 2 amide bonds. The zero-order valence-corrected chi connectivity index (χ0v) is 18.8. The first kappa shape index (κ1) is 22.3. The third-order valence-corrected chi connectivity index (χ3v) is 5.73. The quantitative estimate of drug-likeness (QED) is 0.386. The fourth-order valence-corrected chi connectivity index (χ4v) is 4.21. The number of carbonyl (C=O) groups excluding carboxylic acids is 3. The minimum absolute atomic E-state index is 0.0448. The molecule has 0 fully saturated rings. The highest BCUT2D eigenvalue weighted by molar-refractivity contribution is 6.08. The van der Waals surface area contributed by atoms with Gasteiger partial charge in [0.1, 0.15) is 24.0 Å². The summed E-state index contributed by atoms with van der Waals surface area (Å²) >= 11 is 0. The Hall–Kier alpha value is -4.53. The third kappa shape index (κ3) is 4.35. The Labute approximate surface area is 199 Å². The molecule has 5 rings (SSSR count). The monoisotopic (exact) mass is 474 g/mol. The summed E-state index contributed by atoms with van der Waals surface area (Å²) in [4.78, 5) is 37.8. The molecule has 1 atom stereocenters. The van der Waals surface area contributed by atoms with Gasteiger partial charge in [-0.2, -0.15) is 0 Å². The molecule has 0 saturated heterocycles. The maximum Gasteiger partial charge on any atom is 0.338 e. The standard InChI is InChI=1S/C26H22N2O7/c1-2-32-25(30)23-18(27-26(31)28-24(23)20-8-5-11-33-20)14-35-21(29)12-16-13-34-19-10-9-15-6-3-4-7-17(15)22(16)19/h3-11,13,24H,2,12,14H2,1H3,(H2,27,28,31). The van der Waals surface area contributed by atoms with E-state index in [-0.39, 0.29) is 30.9 Å². The minimum atomic E-state index is -0.879. The van der Waals surface area contributed by atoms with Crippen LogP contribution in [0, 0.1) is 0 Å². The van der Waals surface area contributed by atoms with Gasteiger partial charge in [-0.05, 0) is 35.9 Å². The van der Waals surface area contributed by atoms with E-state index < -0.39 is 24.0 Å². The Bertz CT molecular complexity index is 1450. The summed E-state index contributed by atoms with van der Waals surface area (Å²) < 4.78 is 21.7. The molecule has 0 bridgehead atoms. The second-order valence-corrected chi connectivity index (χ2v) is 7.92. The Kier molecular flexibility index (Phi) is 5.97. The molecule has 1 aliphatic heterocycles. The van der Waals surface area contributed by atoms with E-state index in [1.807, 2.05) is 36.4 Å². The van der Waals surface area contributed by atoms with Gasteiger partial charge in [-0.3, -0.25) is 4.79 Å². The maximum absolute atomic E-state index is 12.8. The first-order valence-electron chi connectivity index (χ1n) is 11.1. The summed E-state index contributed by atoms with van der Waals surface area (Å²) in [5, 5.41) is 8.05. The van der Waals surface area contributed by atoms with Gasteiger partial charge < -0.3 is 28.9 Å². The molecule has 9 nitrogen and oxygen atoms in total. The van der Waals surface area contributed by atoms with Crippen LogP contribution in [0.5, 0.6) is 0 Å². The molecule has 1 aliphatic rings. The van der Waals surface area contributed by atoms with Crippen LogP contribution in [-0.2, 0) is 25.5 Å². The molecule has 2 aromatic heterocycles. The lowest BCUT2D eigenvalue weighted by atomic mass is 10.0. The molecule has 0 radical (unpaired) electrons. The first-order chi connectivity index (χ1) is 17.0. The molecule has 2 N–H and O–H groups in total. The number of esters is 2. The Morgan fingerprint density at radius 3 is 2.69 bits per heavy atom. The van der Waals surface area contributed by atoms with Gasteiger partial charge in [-0.15, -0.1) is 0 Å². The zero-order chi connectivity index (χ0) is 24.4. The van der Waals surface area contributed by atoms with E-state index in [4.69, 9.17) is 18.3 Å². The van der Waals surface area contributed by atoms with Crippen molar-refractivity contribution in [2.45, 2.75) is 19.4 Å². The number of carbonyl (C=O) groups is 3. The molecule has 0 saturated carbocycles. The number of nitrogens with one attached hydrogen (secondary N) is 2. The highest BCUT2D eigenvalue weighted by Gasteiger charge is 2.35. The number of rotatable bonds is 7. The number of amides is 2. The van der Waals surface area contributed by atoms with E-state index >= 15 is 0 Å². The summed E-state index contributed by atoms with van der Waals surface area (Å²) in [6.45, 7) is 1.48. The maximum atomic E-state index is 12.8. The topological polar surface area (TPSA) is 120 Å². The number of furan rings is 2. The van der Waals surface area contributed by atoms with E-state index in [0.717, 1.165) is 16.2 Å². The molecular weight excluding hydrogens is 452 g/mol. The Balaban J connectivity index is 1.39. The molecule has 2 aromatic carbocycles. The molecule has 0 aliphatic carbocycles. The summed E-state index contributed by atoms with van der Waals surface area (Å²) in [5.41, 5.74) is 1.59. The normalized spacial score (nSPS) is 15.7. The van der Waals surface area contributed by atoms with Crippen molar-refractivity contribution in [2.75, 3.05) is 13.2 Å². The minimum Gasteiger partial charge on any atom is -0.467 e. The molecule has 9 heteroatoms. The summed E-state index contributed by atoms with van der Waals surface area (Å²) in [7, 11) is 0. The van der Waals surface area contributed by atoms with Crippen LogP contribution in [0.2, 0.25) is 0 Å². The first-order valence-corrected chi connectivity index (χ1v) is 11.1. The van der Waals surface area contributed by atoms with Crippen LogP contribution in [-0.4, -0.2) is 31.2 Å². The zero-order valence-electron chi connectivity index (χ0n) is 18.8. The van der Waals surface area contributed by atoms with Gasteiger partial charge in [0.05, 0.1) is 36.8 Å². The average molecular weight is 474 g/mol. The van der Waals surface area contributed by atoms with Crippen molar-refractivity contribution in [3.8, 4) is 0 Å². The van der Waals surface area contributed by atoms with Crippen molar-refractivity contribution in [1.29, 1.82) is 0 Å². The third-order valence-electron chi connectivity index (χ3n) is 5.73. The summed E-state index contributed by atoms with van der Waals surface area (Å²) in [6.07, 6.45) is 2.93. The van der Waals surface area contributed by atoms with E-state index in [9.17, 15) is 14.4 Å². The molecule has 0 spiro atoms. The fourth-order valence-electron chi connectivity index (χ4n) is 4.21. The largest absolute Gasteiger partial charge is 0.467 e. The van der Waals surface area contributed by atoms with Crippen LogP contribution >= 0.6 is 0 Å². The molecular formula is C26H22N2O7. The van der Waals surface area contributed by atoms with E-state index in [1.54, 1.807) is 25.3 Å². The van der Waals surface area contributed by atoms with E-state index in [1.165, 1.54) is 6.26 Å². The van der Waals surface area contributed by atoms with Gasteiger partial charge in [0.25, 0.3) is 0 Å². The lowest BCUT2D eigenvalue weighted by Crippen LogP contribution is -2.47. The van der Waals surface area contributed by atoms with Crippen LogP contribution in [0.4, 0.5) is 4.79 Å². The van der Waals surface area contributed by atoms with Crippen molar-refractivity contribution in [3.05, 3.63) is 83.7 Å². The van der Waals surface area contributed by atoms with Crippen molar-refractivity contribution >= 4 is 39.7 Å². The number of urea groups is 1. The number of hydrogen-bond donors (Lipinski definition) is 2. The van der Waals surface area contributed by atoms with Gasteiger partial charge in [0.2, 0.25) is 0 Å². The van der Waals surface area contributed by atoms with E-state index in [0.29, 0.717) is 16.9 Å². The molecule has 4 aromatic rings. The highest BCUT2D eigenvalue weighted by atomic mass is 16.5. The lowest BCUT2D eigenvalue weighted by Gasteiger charge is -2.27. The predicted octanol–water partition coefficient (Wildman–Crippen LogP) is 4.14. The molecule has 178 valence electrons. The predicted molar refractivity (Wildman–Crippen MR) is 125 cm³/mol. The Morgan fingerprint density at radius 2 is 1.89 bits per heavy atom. The van der Waals surface area contributed by atoms with Crippen molar-refractivity contribution in [2.24, 2.45) is 0 Å². The van der Waals surface area contributed by atoms with E-state index in [2.05, 4.69) is 10.6 Å².